The maximum Gasteiger partial charge on any atom is 0.142 e. The third-order valence-electron chi connectivity index (χ3n) is 5.69. The number of benzene rings is 2. The molecule has 0 unspecified atom stereocenters. The van der Waals surface area contributed by atoms with Crippen LogP contribution in [-0.2, 0) is 0 Å². The van der Waals surface area contributed by atoms with E-state index in [1.54, 1.807) is 12.4 Å². The summed E-state index contributed by atoms with van der Waals surface area (Å²) in [6.45, 7) is 0.878. The van der Waals surface area contributed by atoms with Crippen LogP contribution in [0.15, 0.2) is 54.9 Å². The fourth-order valence-electron chi connectivity index (χ4n) is 4.12. The number of piperidine rings is 1. The fourth-order valence-corrected chi connectivity index (χ4v) is 4.12. The lowest BCUT2D eigenvalue weighted by atomic mass is 9.97. The van der Waals surface area contributed by atoms with Crippen LogP contribution in [0, 0.1) is 11.6 Å². The Kier molecular flexibility index (Phi) is 4.88. The van der Waals surface area contributed by atoms with Gasteiger partial charge in [0.25, 0.3) is 0 Å². The summed E-state index contributed by atoms with van der Waals surface area (Å²) in [5.74, 6) is -0.752. The van der Waals surface area contributed by atoms with E-state index in [4.69, 9.17) is 5.73 Å². The largest absolute Gasteiger partial charge is 0.390 e. The number of rotatable bonds is 3. The van der Waals surface area contributed by atoms with E-state index < -0.39 is 17.7 Å². The zero-order valence-corrected chi connectivity index (χ0v) is 16.6. The molecule has 5 rings (SSSR count). The molecule has 2 aromatic carbocycles. The molecule has 0 aliphatic carbocycles. The summed E-state index contributed by atoms with van der Waals surface area (Å²) in [5, 5.41) is 10.4. The number of aromatic nitrogens is 3. The Morgan fingerprint density at radius 2 is 1.81 bits per heavy atom. The molecular weight excluding hydrogens is 400 g/mol. The van der Waals surface area contributed by atoms with Gasteiger partial charge in [-0.15, -0.1) is 0 Å². The second-order valence-corrected chi connectivity index (χ2v) is 7.81. The lowest BCUT2D eigenvalue weighted by molar-refractivity contribution is 0.132. The molecule has 0 spiro atoms. The van der Waals surface area contributed by atoms with Gasteiger partial charge in [-0.05, 0) is 36.2 Å². The van der Waals surface area contributed by atoms with Gasteiger partial charge in [-0.3, -0.25) is 4.98 Å². The van der Waals surface area contributed by atoms with E-state index in [9.17, 15) is 13.9 Å². The van der Waals surface area contributed by atoms with Gasteiger partial charge in [-0.25, -0.2) is 13.8 Å². The first-order chi connectivity index (χ1) is 15.0. The first kappa shape index (κ1) is 19.6. The van der Waals surface area contributed by atoms with E-state index in [0.717, 1.165) is 17.1 Å². The number of anilines is 1. The molecule has 0 amide bonds. The smallest absolute Gasteiger partial charge is 0.142 e. The van der Waals surface area contributed by atoms with Gasteiger partial charge in [0, 0.05) is 43.2 Å². The summed E-state index contributed by atoms with van der Waals surface area (Å²) in [5.41, 5.74) is 9.96. The second kappa shape index (κ2) is 7.72. The van der Waals surface area contributed by atoms with Gasteiger partial charge in [-0.2, -0.15) is 0 Å². The predicted octanol–water partition coefficient (Wildman–Crippen LogP) is 3.47. The Labute approximate surface area is 177 Å². The fraction of sp³-hybridized carbons (Fsp3) is 0.217. The number of imidazole rings is 1. The molecule has 6 nitrogen and oxygen atoms in total. The zero-order valence-electron chi connectivity index (χ0n) is 16.6. The van der Waals surface area contributed by atoms with Crippen LogP contribution in [0.4, 0.5) is 14.5 Å². The quantitative estimate of drug-likeness (QED) is 0.471. The molecule has 2 atom stereocenters. The molecule has 0 saturated carbocycles. The van der Waals surface area contributed by atoms with Gasteiger partial charge < -0.3 is 20.7 Å². The Balaban J connectivity index is 1.72. The first-order valence-corrected chi connectivity index (χ1v) is 10.1. The molecular formula is C23H21F2N5O. The van der Waals surface area contributed by atoms with Crippen molar-refractivity contribution in [3.63, 3.8) is 0 Å². The van der Waals surface area contributed by atoms with Crippen LogP contribution in [-0.4, -0.2) is 45.3 Å². The number of hydrogen-bond donors (Lipinski definition) is 3. The average Bonchev–Trinajstić information content (AvgIpc) is 3.19. The highest BCUT2D eigenvalue weighted by atomic mass is 19.1. The Hall–Kier alpha value is -3.36. The molecule has 2 aromatic heterocycles. The van der Waals surface area contributed by atoms with Crippen LogP contribution < -0.4 is 10.6 Å². The van der Waals surface area contributed by atoms with Crippen molar-refractivity contribution in [1.82, 2.24) is 15.0 Å². The molecule has 3 heterocycles. The molecule has 0 bridgehead atoms. The van der Waals surface area contributed by atoms with Crippen molar-refractivity contribution in [2.45, 2.75) is 18.6 Å². The number of para-hydroxylation sites is 2. The Bertz CT molecular complexity index is 1200. The van der Waals surface area contributed by atoms with Crippen molar-refractivity contribution in [3.05, 3.63) is 66.5 Å². The van der Waals surface area contributed by atoms with Crippen molar-refractivity contribution in [3.8, 4) is 22.5 Å². The number of aliphatic hydroxyl groups is 1. The Morgan fingerprint density at radius 1 is 1.06 bits per heavy atom. The molecule has 0 radical (unpaired) electrons. The van der Waals surface area contributed by atoms with Crippen LogP contribution in [0.2, 0.25) is 0 Å². The number of pyridine rings is 1. The topological polar surface area (TPSA) is 91.1 Å². The summed E-state index contributed by atoms with van der Waals surface area (Å²) < 4.78 is 28.0. The summed E-state index contributed by atoms with van der Waals surface area (Å²) >= 11 is 0. The van der Waals surface area contributed by atoms with Crippen molar-refractivity contribution in [2.24, 2.45) is 5.73 Å². The van der Waals surface area contributed by atoms with Crippen LogP contribution in [0.3, 0.4) is 0 Å². The van der Waals surface area contributed by atoms with Gasteiger partial charge in [-0.1, -0.05) is 12.1 Å². The molecule has 1 aliphatic rings. The van der Waals surface area contributed by atoms with E-state index in [2.05, 4.69) is 15.0 Å². The average molecular weight is 421 g/mol. The van der Waals surface area contributed by atoms with Gasteiger partial charge >= 0.3 is 0 Å². The number of H-pyrrole nitrogens is 1. The third kappa shape index (κ3) is 3.64. The van der Waals surface area contributed by atoms with E-state index in [1.165, 1.54) is 12.1 Å². The number of fused-ring (bicyclic) bond motifs is 1. The highest BCUT2D eigenvalue weighted by Crippen LogP contribution is 2.40. The monoisotopic (exact) mass is 421 g/mol. The second-order valence-electron chi connectivity index (χ2n) is 7.81. The molecule has 1 aliphatic heterocycles. The van der Waals surface area contributed by atoms with Crippen molar-refractivity contribution >= 4 is 16.7 Å². The van der Waals surface area contributed by atoms with Crippen LogP contribution in [0.5, 0.6) is 0 Å². The molecule has 158 valence electrons. The number of halogens is 2. The highest BCUT2D eigenvalue weighted by Gasteiger charge is 2.29. The van der Waals surface area contributed by atoms with E-state index >= 15 is 0 Å². The number of hydrogen-bond acceptors (Lipinski definition) is 5. The highest BCUT2D eigenvalue weighted by molar-refractivity contribution is 5.91. The minimum atomic E-state index is -0.720. The minimum Gasteiger partial charge on any atom is -0.390 e. The van der Waals surface area contributed by atoms with Gasteiger partial charge in [0.2, 0.25) is 0 Å². The Morgan fingerprint density at radius 3 is 2.55 bits per heavy atom. The SMILES string of the molecule is N[C@@H]1CCN(c2c(-c3cc(F)cc(F)c3)cncc2-c2nc3ccccc3[nH]2)C[C@@H]1O. The van der Waals surface area contributed by atoms with Crippen molar-refractivity contribution in [2.75, 3.05) is 18.0 Å². The lowest BCUT2D eigenvalue weighted by Crippen LogP contribution is -2.50. The summed E-state index contributed by atoms with van der Waals surface area (Å²) in [6, 6.07) is 10.7. The number of β-amino-alcohol motifs (C(OH)–C–C–N with tert-alkyl or cyclic N) is 1. The maximum absolute atomic E-state index is 14.0. The third-order valence-corrected chi connectivity index (χ3v) is 5.69. The normalized spacial score (nSPS) is 19.2. The number of nitrogens with zero attached hydrogens (tertiary/aromatic N) is 3. The van der Waals surface area contributed by atoms with Crippen LogP contribution in [0.25, 0.3) is 33.5 Å². The molecule has 8 heteroatoms. The van der Waals surface area contributed by atoms with E-state index in [-0.39, 0.29) is 6.04 Å². The predicted molar refractivity (Wildman–Crippen MR) is 115 cm³/mol. The van der Waals surface area contributed by atoms with E-state index in [0.29, 0.717) is 47.7 Å². The molecule has 1 fully saturated rings. The molecule has 4 aromatic rings. The lowest BCUT2D eigenvalue weighted by Gasteiger charge is -2.37. The molecule has 31 heavy (non-hydrogen) atoms. The van der Waals surface area contributed by atoms with Crippen molar-refractivity contribution < 1.29 is 13.9 Å². The number of aromatic amines is 1. The first-order valence-electron chi connectivity index (χ1n) is 10.1. The number of nitrogens with one attached hydrogen (secondary N) is 1. The minimum absolute atomic E-state index is 0.295. The van der Waals surface area contributed by atoms with Crippen molar-refractivity contribution in [1.29, 1.82) is 0 Å². The molecule has 4 N–H and O–H groups in total. The zero-order chi connectivity index (χ0) is 21.5. The standard InChI is InChI=1S/C23H21F2N5O/c24-14-7-13(8-15(25)9-14)16-10-27-11-17(22(16)30-6-5-18(26)21(31)12-30)23-28-19-3-1-2-4-20(19)29-23/h1-4,7-11,18,21,31H,5-6,12,26H2,(H,28,29)/t18-,21+/m1/s1. The summed E-state index contributed by atoms with van der Waals surface area (Å²) in [7, 11) is 0. The number of aliphatic hydroxyl groups excluding tert-OH is 1. The maximum atomic E-state index is 14.0. The van der Waals surface area contributed by atoms with Gasteiger partial charge in [0.1, 0.15) is 17.5 Å². The van der Waals surface area contributed by atoms with Gasteiger partial charge in [0.15, 0.2) is 0 Å². The summed E-state index contributed by atoms with van der Waals surface area (Å²) in [6.07, 6.45) is 3.12. The van der Waals surface area contributed by atoms with Gasteiger partial charge in [0.05, 0.1) is 28.4 Å². The summed E-state index contributed by atoms with van der Waals surface area (Å²) in [4.78, 5) is 14.3. The number of nitrogens with two attached hydrogens (primary N) is 1. The van der Waals surface area contributed by atoms with E-state index in [1.807, 2.05) is 29.2 Å². The molecule has 1 saturated heterocycles. The van der Waals surface area contributed by atoms with Crippen LogP contribution >= 0.6 is 0 Å². The van der Waals surface area contributed by atoms with Crippen LogP contribution in [0.1, 0.15) is 6.42 Å².